The molecule has 1 saturated heterocycles. The van der Waals surface area contributed by atoms with Crippen LogP contribution in [0.3, 0.4) is 0 Å². The number of rotatable bonds is 1. The maximum absolute atomic E-state index is 12.2. The van der Waals surface area contributed by atoms with Crippen LogP contribution in [0.2, 0.25) is 5.02 Å². The van der Waals surface area contributed by atoms with Crippen LogP contribution >= 0.6 is 11.6 Å². The number of carbonyl (C=O) groups is 2. The lowest BCUT2D eigenvalue weighted by Crippen LogP contribution is -2.36. The first-order valence-electron chi connectivity index (χ1n) is 5.72. The summed E-state index contributed by atoms with van der Waals surface area (Å²) in [5, 5.41) is 9.73. The molecule has 5 heteroatoms. The fraction of sp³-hybridized carbons (Fsp3) is 0.385. The van der Waals surface area contributed by atoms with E-state index in [1.54, 1.807) is 6.07 Å². The molecule has 0 bridgehead atoms. The first kappa shape index (κ1) is 11.5. The monoisotopic (exact) mass is 265 g/mol. The summed E-state index contributed by atoms with van der Waals surface area (Å²) in [6, 6.07) is 4.38. The highest BCUT2D eigenvalue weighted by Crippen LogP contribution is 2.63. The predicted molar refractivity (Wildman–Crippen MR) is 66.4 cm³/mol. The van der Waals surface area contributed by atoms with E-state index in [-0.39, 0.29) is 39.8 Å². The molecule has 2 fully saturated rings. The second-order valence-corrected chi connectivity index (χ2v) is 5.83. The number of imide groups is 1. The molecule has 2 unspecified atom stereocenters. The zero-order chi connectivity index (χ0) is 13.2. The van der Waals surface area contributed by atoms with Gasteiger partial charge in [0.2, 0.25) is 11.8 Å². The van der Waals surface area contributed by atoms with Gasteiger partial charge in [0.05, 0.1) is 22.5 Å². The van der Waals surface area contributed by atoms with Gasteiger partial charge in [0.15, 0.2) is 0 Å². The van der Waals surface area contributed by atoms with Crippen molar-refractivity contribution in [3.63, 3.8) is 0 Å². The molecule has 1 aromatic rings. The number of hydrogen-bond donors (Lipinski definition) is 1. The Balaban J connectivity index is 1.98. The van der Waals surface area contributed by atoms with E-state index in [4.69, 9.17) is 11.6 Å². The molecule has 1 heterocycles. The molecule has 1 aliphatic heterocycles. The first-order valence-corrected chi connectivity index (χ1v) is 6.10. The smallest absolute Gasteiger partial charge is 0.238 e. The van der Waals surface area contributed by atoms with Gasteiger partial charge in [0.1, 0.15) is 5.75 Å². The summed E-state index contributed by atoms with van der Waals surface area (Å²) in [5.41, 5.74) is 0.161. The van der Waals surface area contributed by atoms with E-state index >= 15 is 0 Å². The van der Waals surface area contributed by atoms with Crippen molar-refractivity contribution in [2.45, 2.75) is 13.8 Å². The van der Waals surface area contributed by atoms with Gasteiger partial charge in [0.25, 0.3) is 0 Å². The summed E-state index contributed by atoms with van der Waals surface area (Å²) in [4.78, 5) is 25.5. The van der Waals surface area contributed by atoms with Crippen molar-refractivity contribution in [1.29, 1.82) is 0 Å². The third kappa shape index (κ3) is 1.27. The van der Waals surface area contributed by atoms with Crippen LogP contribution in [0.4, 0.5) is 5.69 Å². The van der Waals surface area contributed by atoms with E-state index in [9.17, 15) is 14.7 Å². The third-order valence-corrected chi connectivity index (χ3v) is 4.31. The van der Waals surface area contributed by atoms with Crippen molar-refractivity contribution >= 4 is 29.1 Å². The number of benzene rings is 1. The normalized spacial score (nSPS) is 28.5. The van der Waals surface area contributed by atoms with Crippen LogP contribution in [-0.2, 0) is 9.59 Å². The number of carbonyl (C=O) groups excluding carboxylic acids is 2. The lowest BCUT2D eigenvalue weighted by atomic mass is 10.1. The van der Waals surface area contributed by atoms with Crippen molar-refractivity contribution in [2.75, 3.05) is 4.90 Å². The standard InChI is InChI=1S/C13H12ClNO3/c1-13(2)9-10(13)12(18)15(11(9)17)6-3-4-7(14)8(16)5-6/h3-5,9-10,16H,1-2H3. The molecule has 3 rings (SSSR count). The third-order valence-electron chi connectivity index (χ3n) is 3.99. The van der Waals surface area contributed by atoms with Crippen LogP contribution in [0, 0.1) is 17.3 Å². The molecule has 2 atom stereocenters. The molecular weight excluding hydrogens is 254 g/mol. The summed E-state index contributed by atoms with van der Waals surface area (Å²) in [7, 11) is 0. The number of amides is 2. The number of halogens is 1. The first-order chi connectivity index (χ1) is 8.35. The van der Waals surface area contributed by atoms with Gasteiger partial charge < -0.3 is 5.11 Å². The molecule has 0 radical (unpaired) electrons. The fourth-order valence-corrected chi connectivity index (χ4v) is 2.96. The maximum atomic E-state index is 12.2. The second-order valence-electron chi connectivity index (χ2n) is 5.42. The van der Waals surface area contributed by atoms with Gasteiger partial charge >= 0.3 is 0 Å². The van der Waals surface area contributed by atoms with Crippen molar-refractivity contribution in [2.24, 2.45) is 17.3 Å². The number of piperidine rings is 1. The van der Waals surface area contributed by atoms with E-state index in [0.29, 0.717) is 5.69 Å². The number of hydrogen-bond acceptors (Lipinski definition) is 3. The van der Waals surface area contributed by atoms with Gasteiger partial charge in [-0.3, -0.25) is 9.59 Å². The lowest BCUT2D eigenvalue weighted by Gasteiger charge is -2.20. The predicted octanol–water partition coefficient (Wildman–Crippen LogP) is 2.19. The molecule has 18 heavy (non-hydrogen) atoms. The zero-order valence-electron chi connectivity index (χ0n) is 9.98. The quantitative estimate of drug-likeness (QED) is 0.792. The number of phenols is 1. The van der Waals surface area contributed by atoms with Gasteiger partial charge in [-0.1, -0.05) is 25.4 Å². The van der Waals surface area contributed by atoms with E-state index in [0.717, 1.165) is 4.90 Å². The topological polar surface area (TPSA) is 57.6 Å². The van der Waals surface area contributed by atoms with Crippen LogP contribution in [0.25, 0.3) is 0 Å². The minimum absolute atomic E-state index is 0.130. The summed E-state index contributed by atoms with van der Waals surface area (Å²) < 4.78 is 0. The fourth-order valence-electron chi connectivity index (χ4n) is 2.84. The molecule has 94 valence electrons. The number of phenolic OH excluding ortho intramolecular Hbond substituents is 1. The molecule has 2 amide bonds. The lowest BCUT2D eigenvalue weighted by molar-refractivity contribution is -0.125. The SMILES string of the molecule is CC1(C)C2C(=O)N(c3ccc(Cl)c(O)c3)C(=O)C21. The van der Waals surface area contributed by atoms with Crippen molar-refractivity contribution in [1.82, 2.24) is 0 Å². The van der Waals surface area contributed by atoms with Gasteiger partial charge in [-0.15, -0.1) is 0 Å². The molecule has 1 N–H and O–H groups in total. The van der Waals surface area contributed by atoms with E-state index in [1.165, 1.54) is 12.1 Å². The molecule has 0 spiro atoms. The maximum Gasteiger partial charge on any atom is 0.238 e. The van der Waals surface area contributed by atoms with Crippen molar-refractivity contribution < 1.29 is 14.7 Å². The average Bonchev–Trinajstić information content (AvgIpc) is 2.74. The summed E-state index contributed by atoms with van der Waals surface area (Å²) in [5.74, 6) is -0.936. The Labute approximate surface area is 109 Å². The Kier molecular flexibility index (Phi) is 2.09. The van der Waals surface area contributed by atoms with Gasteiger partial charge in [-0.25, -0.2) is 4.90 Å². The molecule has 1 aliphatic carbocycles. The van der Waals surface area contributed by atoms with Crippen LogP contribution in [0.5, 0.6) is 5.75 Å². The Bertz CT molecular complexity index is 558. The van der Waals surface area contributed by atoms with E-state index in [1.807, 2.05) is 13.8 Å². The van der Waals surface area contributed by atoms with Gasteiger partial charge in [0, 0.05) is 6.07 Å². The summed E-state index contributed by atoms with van der Waals surface area (Å²) in [6.45, 7) is 3.85. The van der Waals surface area contributed by atoms with Crippen LogP contribution < -0.4 is 4.90 Å². The largest absolute Gasteiger partial charge is 0.506 e. The molecular formula is C13H12ClNO3. The number of fused-ring (bicyclic) bond motifs is 1. The van der Waals surface area contributed by atoms with Crippen LogP contribution in [-0.4, -0.2) is 16.9 Å². The van der Waals surface area contributed by atoms with Crippen molar-refractivity contribution in [3.8, 4) is 5.75 Å². The minimum Gasteiger partial charge on any atom is -0.506 e. The highest BCUT2D eigenvalue weighted by Gasteiger charge is 2.72. The Morgan fingerprint density at radius 1 is 1.22 bits per heavy atom. The number of aromatic hydroxyl groups is 1. The number of anilines is 1. The van der Waals surface area contributed by atoms with Gasteiger partial charge in [-0.2, -0.15) is 0 Å². The molecule has 1 aromatic carbocycles. The van der Waals surface area contributed by atoms with E-state index in [2.05, 4.69) is 0 Å². The zero-order valence-corrected chi connectivity index (χ0v) is 10.7. The Hall–Kier alpha value is -1.55. The highest BCUT2D eigenvalue weighted by atomic mass is 35.5. The molecule has 0 aromatic heterocycles. The molecule has 4 nitrogen and oxygen atoms in total. The minimum atomic E-state index is -0.223. The second kappa shape index (κ2) is 3.26. The summed E-state index contributed by atoms with van der Waals surface area (Å²) >= 11 is 5.70. The number of nitrogens with zero attached hydrogens (tertiary/aromatic N) is 1. The van der Waals surface area contributed by atoms with Crippen molar-refractivity contribution in [3.05, 3.63) is 23.2 Å². The molecule has 1 saturated carbocycles. The average molecular weight is 266 g/mol. The molecule has 2 aliphatic rings. The van der Waals surface area contributed by atoms with Crippen LogP contribution in [0.15, 0.2) is 18.2 Å². The van der Waals surface area contributed by atoms with Gasteiger partial charge in [-0.05, 0) is 17.5 Å². The summed E-state index contributed by atoms with van der Waals surface area (Å²) in [6.07, 6.45) is 0. The highest BCUT2D eigenvalue weighted by molar-refractivity contribution is 6.32. The Morgan fingerprint density at radius 3 is 2.28 bits per heavy atom. The Morgan fingerprint density at radius 2 is 1.78 bits per heavy atom. The van der Waals surface area contributed by atoms with E-state index < -0.39 is 0 Å². The van der Waals surface area contributed by atoms with Crippen LogP contribution in [0.1, 0.15) is 13.8 Å².